The number of carbonyl (C=O) groups is 1. The fraction of sp³-hybridized carbons (Fsp3) is 0.500. The Balaban J connectivity index is 2.04. The van der Waals surface area contributed by atoms with Crippen LogP contribution in [0.1, 0.15) is 30.3 Å². The van der Waals surface area contributed by atoms with Crippen LogP contribution in [0, 0.1) is 5.82 Å². The van der Waals surface area contributed by atoms with E-state index in [1.807, 2.05) is 11.8 Å². The van der Waals surface area contributed by atoms with E-state index in [2.05, 4.69) is 15.0 Å². The zero-order chi connectivity index (χ0) is 17.6. The number of Topliss-reactive ketones (excluding diaryl/α,β-unsaturated/α-hetero) is 1. The molecule has 2 aromatic rings. The molecule has 0 amide bonds. The van der Waals surface area contributed by atoms with Gasteiger partial charge in [-0.3, -0.25) is 4.79 Å². The number of aromatic nitrogens is 3. The summed E-state index contributed by atoms with van der Waals surface area (Å²) in [4.78, 5) is 27.7. The number of hydrogen-bond acceptors (Lipinski definition) is 7. The van der Waals surface area contributed by atoms with Crippen LogP contribution < -0.4 is 4.90 Å². The lowest BCUT2D eigenvalue weighted by atomic mass is 10.1. The molecule has 4 heterocycles. The number of carbonyl (C=O) groups excluding carboxylic acids is 1. The van der Waals surface area contributed by atoms with Gasteiger partial charge < -0.3 is 9.64 Å². The van der Waals surface area contributed by atoms with Gasteiger partial charge in [0.05, 0.1) is 18.0 Å². The van der Waals surface area contributed by atoms with Gasteiger partial charge in [0.2, 0.25) is 0 Å². The summed E-state index contributed by atoms with van der Waals surface area (Å²) in [6.07, 6.45) is 1.04. The normalized spacial score (nSPS) is 20.4. The second-order valence-corrected chi connectivity index (χ2v) is 7.54. The number of anilines is 1. The van der Waals surface area contributed by atoms with Crippen molar-refractivity contribution in [3.8, 4) is 0 Å². The van der Waals surface area contributed by atoms with Gasteiger partial charge in [-0.2, -0.15) is 0 Å². The molecule has 0 bridgehead atoms. The molecule has 0 spiro atoms. The topological polar surface area (TPSA) is 68.2 Å². The first-order valence-electron chi connectivity index (χ1n) is 8.17. The summed E-state index contributed by atoms with van der Waals surface area (Å²) in [5.74, 6) is 0.411. The van der Waals surface area contributed by atoms with E-state index in [0.717, 1.165) is 12.2 Å². The number of thioether (sulfide) groups is 1. The van der Waals surface area contributed by atoms with Gasteiger partial charge in [0.1, 0.15) is 17.0 Å². The van der Waals surface area contributed by atoms with Gasteiger partial charge in [-0.05, 0) is 12.2 Å². The molecule has 1 atom stereocenters. The largest absolute Gasteiger partial charge is 0.379 e. The number of nitrogens with zero attached hydrogens (tertiary/aromatic N) is 4. The molecule has 1 unspecified atom stereocenters. The van der Waals surface area contributed by atoms with Crippen LogP contribution in [0.25, 0.3) is 10.9 Å². The number of halogens is 2. The first-order valence-corrected chi connectivity index (χ1v) is 9.53. The lowest BCUT2D eigenvalue weighted by Gasteiger charge is -2.29. The first kappa shape index (κ1) is 16.9. The molecule has 0 aliphatic carbocycles. The number of pyridine rings is 1. The average molecular weight is 383 g/mol. The Bertz CT molecular complexity index is 866. The van der Waals surface area contributed by atoms with Crippen molar-refractivity contribution in [2.24, 2.45) is 0 Å². The molecule has 6 nitrogen and oxygen atoms in total. The fourth-order valence-electron chi connectivity index (χ4n) is 3.30. The molecule has 0 radical (unpaired) electrons. The number of hydrogen-bond donors (Lipinski definition) is 0. The van der Waals surface area contributed by atoms with Crippen molar-refractivity contribution in [1.82, 2.24) is 15.0 Å². The summed E-state index contributed by atoms with van der Waals surface area (Å²) >= 11 is 7.35. The monoisotopic (exact) mass is 382 g/mol. The highest BCUT2D eigenvalue weighted by Gasteiger charge is 2.35. The molecule has 132 valence electrons. The minimum Gasteiger partial charge on any atom is -0.379 e. The second-order valence-electron chi connectivity index (χ2n) is 5.95. The van der Waals surface area contributed by atoms with E-state index in [-0.39, 0.29) is 34.6 Å². The molecule has 1 fully saturated rings. The number of ketones is 1. The van der Waals surface area contributed by atoms with Crippen molar-refractivity contribution < 1.29 is 13.9 Å². The summed E-state index contributed by atoms with van der Waals surface area (Å²) in [5, 5.41) is 0.494. The zero-order valence-electron chi connectivity index (χ0n) is 13.6. The molecule has 25 heavy (non-hydrogen) atoms. The van der Waals surface area contributed by atoms with Gasteiger partial charge >= 0.3 is 0 Å². The van der Waals surface area contributed by atoms with E-state index in [4.69, 9.17) is 16.3 Å². The Labute approximate surface area is 153 Å². The van der Waals surface area contributed by atoms with Crippen molar-refractivity contribution in [1.29, 1.82) is 0 Å². The Kier molecular flexibility index (Phi) is 4.51. The van der Waals surface area contributed by atoms with E-state index >= 15 is 0 Å². The number of fused-ring (bicyclic) bond motifs is 2. The minimum atomic E-state index is -0.709. The molecular weight excluding hydrogens is 367 g/mol. The quantitative estimate of drug-likeness (QED) is 0.449. The Hall–Kier alpha value is -1.51. The van der Waals surface area contributed by atoms with Gasteiger partial charge in [-0.15, -0.1) is 0 Å². The van der Waals surface area contributed by atoms with E-state index in [0.29, 0.717) is 36.1 Å². The number of ether oxygens (including phenoxy) is 1. The molecular formula is C16H16ClFN4O2S. The number of rotatable bonds is 2. The predicted molar refractivity (Wildman–Crippen MR) is 94.2 cm³/mol. The van der Waals surface area contributed by atoms with Crippen molar-refractivity contribution in [2.75, 3.05) is 30.4 Å². The van der Waals surface area contributed by atoms with Crippen molar-refractivity contribution in [2.45, 2.75) is 31.0 Å². The van der Waals surface area contributed by atoms with Gasteiger partial charge in [0.25, 0.3) is 0 Å². The molecule has 1 saturated heterocycles. The van der Waals surface area contributed by atoms with Crippen LogP contribution in [0.2, 0.25) is 5.15 Å². The summed E-state index contributed by atoms with van der Waals surface area (Å²) in [6.45, 7) is 3.72. The zero-order valence-corrected chi connectivity index (χ0v) is 15.2. The summed E-state index contributed by atoms with van der Waals surface area (Å²) in [6, 6.07) is -0.149. The Morgan fingerprint density at radius 1 is 1.40 bits per heavy atom. The molecule has 0 aromatic carbocycles. The van der Waals surface area contributed by atoms with Crippen molar-refractivity contribution >= 4 is 45.9 Å². The highest BCUT2D eigenvalue weighted by Crippen LogP contribution is 2.37. The van der Waals surface area contributed by atoms with E-state index in [1.54, 1.807) is 0 Å². The lowest BCUT2D eigenvalue weighted by molar-refractivity contribution is 0.0928. The first-order chi connectivity index (χ1) is 12.1. The van der Waals surface area contributed by atoms with Crippen LogP contribution in [-0.4, -0.2) is 52.3 Å². The van der Waals surface area contributed by atoms with Crippen LogP contribution in [0.4, 0.5) is 10.2 Å². The summed E-state index contributed by atoms with van der Waals surface area (Å²) in [5.41, 5.74) is 0.215. The summed E-state index contributed by atoms with van der Waals surface area (Å²) < 4.78 is 20.3. The smallest absolute Gasteiger partial charge is 0.190 e. The third kappa shape index (κ3) is 2.86. The molecule has 0 saturated carbocycles. The minimum absolute atomic E-state index is 0.0649. The molecule has 2 aliphatic heterocycles. The standard InChI is InChI=1S/C16H16ClFN4O2S/c1-2-25-16-20-13-10-12(19-14(17)11(13)18)9(23)6-8-7-24-5-3-4-22(8)15(10)21-16/h8H,2-7H2,1H3. The maximum Gasteiger partial charge on any atom is 0.190 e. The van der Waals surface area contributed by atoms with Crippen LogP contribution >= 0.6 is 23.4 Å². The maximum atomic E-state index is 14.7. The molecule has 2 aromatic heterocycles. The van der Waals surface area contributed by atoms with Crippen LogP contribution in [0.5, 0.6) is 0 Å². The fourth-order valence-corrected chi connectivity index (χ4v) is 4.04. The summed E-state index contributed by atoms with van der Waals surface area (Å²) in [7, 11) is 0. The van der Waals surface area contributed by atoms with Gasteiger partial charge in [0.15, 0.2) is 21.9 Å². The molecule has 4 rings (SSSR count). The van der Waals surface area contributed by atoms with Crippen molar-refractivity contribution in [3.63, 3.8) is 0 Å². The van der Waals surface area contributed by atoms with Crippen LogP contribution in [-0.2, 0) is 4.74 Å². The highest BCUT2D eigenvalue weighted by molar-refractivity contribution is 7.99. The molecule has 2 aliphatic rings. The van der Waals surface area contributed by atoms with Crippen LogP contribution in [0.15, 0.2) is 5.16 Å². The van der Waals surface area contributed by atoms with Crippen molar-refractivity contribution in [3.05, 3.63) is 16.7 Å². The predicted octanol–water partition coefficient (Wildman–Crippen LogP) is 3.11. The van der Waals surface area contributed by atoms with E-state index in [9.17, 15) is 9.18 Å². The third-order valence-corrected chi connectivity index (χ3v) is 5.35. The third-order valence-electron chi connectivity index (χ3n) is 4.37. The Morgan fingerprint density at radius 2 is 2.24 bits per heavy atom. The molecule has 0 N–H and O–H groups in total. The SMILES string of the molecule is CCSc1nc2c3c(nc(Cl)c(F)c3n1)C(=O)CC1COCCCN21. The Morgan fingerprint density at radius 3 is 3.04 bits per heavy atom. The van der Waals surface area contributed by atoms with E-state index < -0.39 is 5.82 Å². The van der Waals surface area contributed by atoms with Gasteiger partial charge in [-0.1, -0.05) is 30.3 Å². The molecule has 9 heteroatoms. The maximum absolute atomic E-state index is 14.7. The van der Waals surface area contributed by atoms with E-state index in [1.165, 1.54) is 11.8 Å². The average Bonchev–Trinajstić information content (AvgIpc) is 2.87. The van der Waals surface area contributed by atoms with Gasteiger partial charge in [0, 0.05) is 19.6 Å². The van der Waals surface area contributed by atoms with Gasteiger partial charge in [-0.25, -0.2) is 19.3 Å². The highest BCUT2D eigenvalue weighted by atomic mass is 35.5. The lowest BCUT2D eigenvalue weighted by Crippen LogP contribution is -2.38. The van der Waals surface area contributed by atoms with Crippen LogP contribution in [0.3, 0.4) is 0 Å². The second kappa shape index (κ2) is 6.66.